The number of nitrogens with zero attached hydrogens (tertiary/aromatic N) is 5. The van der Waals surface area contributed by atoms with Gasteiger partial charge in [0.1, 0.15) is 5.75 Å². The van der Waals surface area contributed by atoms with E-state index in [9.17, 15) is 0 Å². The Morgan fingerprint density at radius 2 is 2.00 bits per heavy atom. The Bertz CT molecular complexity index is 871. The molecule has 1 saturated heterocycles. The highest BCUT2D eigenvalue weighted by Gasteiger charge is 2.27. The number of anilines is 2. The normalized spacial score (nSPS) is 17.0. The van der Waals surface area contributed by atoms with Gasteiger partial charge in [0.15, 0.2) is 5.82 Å². The highest BCUT2D eigenvalue weighted by atomic mass is 16.5. The van der Waals surface area contributed by atoms with Crippen LogP contribution in [0.3, 0.4) is 0 Å². The molecule has 27 heavy (non-hydrogen) atoms. The number of methoxy groups -OCH3 is 1. The van der Waals surface area contributed by atoms with E-state index < -0.39 is 0 Å². The Kier molecular flexibility index (Phi) is 5.20. The van der Waals surface area contributed by atoms with Crippen LogP contribution in [0.5, 0.6) is 5.75 Å². The molecule has 3 heterocycles. The van der Waals surface area contributed by atoms with Gasteiger partial charge in [-0.2, -0.15) is 0 Å². The largest absolute Gasteiger partial charge is 0.497 e. The first-order valence-corrected chi connectivity index (χ1v) is 9.05. The molecule has 0 radical (unpaired) electrons. The van der Waals surface area contributed by atoms with E-state index >= 15 is 0 Å². The first kappa shape index (κ1) is 17.4. The van der Waals surface area contributed by atoms with Gasteiger partial charge in [0, 0.05) is 25.1 Å². The number of benzene rings is 1. The minimum atomic E-state index is 0.289. The van der Waals surface area contributed by atoms with Crippen molar-refractivity contribution in [3.63, 3.8) is 0 Å². The summed E-state index contributed by atoms with van der Waals surface area (Å²) in [7, 11) is 1.69. The number of ether oxygens (including phenoxy) is 1. The summed E-state index contributed by atoms with van der Waals surface area (Å²) in [6.07, 6.45) is 8.99. The van der Waals surface area contributed by atoms with Crippen molar-refractivity contribution in [1.29, 1.82) is 0 Å². The molecule has 0 spiro atoms. The molecule has 0 bridgehead atoms. The molecule has 7 nitrogen and oxygen atoms in total. The summed E-state index contributed by atoms with van der Waals surface area (Å²) in [5.74, 6) is 2.06. The third-order valence-corrected chi connectivity index (χ3v) is 4.73. The summed E-state index contributed by atoms with van der Waals surface area (Å²) in [6, 6.07) is 10.5. The summed E-state index contributed by atoms with van der Waals surface area (Å²) in [5.41, 5.74) is 2.30. The summed E-state index contributed by atoms with van der Waals surface area (Å²) in [4.78, 5) is 19.8. The highest BCUT2D eigenvalue weighted by Crippen LogP contribution is 2.32. The maximum absolute atomic E-state index is 5.24. The summed E-state index contributed by atoms with van der Waals surface area (Å²) in [6.45, 7) is 1.96. The van der Waals surface area contributed by atoms with Gasteiger partial charge in [0.25, 0.3) is 0 Å². The van der Waals surface area contributed by atoms with E-state index in [0.717, 1.165) is 37.4 Å². The molecule has 138 valence electrons. The van der Waals surface area contributed by atoms with Crippen LogP contribution in [0, 0.1) is 0 Å². The molecule has 4 rings (SSSR count). The topological polar surface area (TPSA) is 76.1 Å². The SMILES string of the molecule is COc1ccc(CN2CCC[C@H]2c2ccnc(Nc3cnccn3)n2)cc1. The summed E-state index contributed by atoms with van der Waals surface area (Å²) in [5, 5.41) is 3.12. The second-order valence-corrected chi connectivity index (χ2v) is 6.50. The Labute approximate surface area is 158 Å². The molecule has 1 aromatic carbocycles. The molecule has 0 unspecified atom stereocenters. The zero-order valence-electron chi connectivity index (χ0n) is 15.2. The van der Waals surface area contributed by atoms with E-state index in [4.69, 9.17) is 9.72 Å². The van der Waals surface area contributed by atoms with Crippen LogP contribution in [-0.4, -0.2) is 38.5 Å². The Balaban J connectivity index is 1.48. The van der Waals surface area contributed by atoms with Gasteiger partial charge in [0.2, 0.25) is 5.95 Å². The molecule has 0 amide bonds. The van der Waals surface area contributed by atoms with E-state index in [2.05, 4.69) is 37.3 Å². The lowest BCUT2D eigenvalue weighted by molar-refractivity contribution is 0.244. The van der Waals surface area contributed by atoms with Crippen molar-refractivity contribution in [3.05, 3.63) is 66.4 Å². The predicted molar refractivity (Wildman–Crippen MR) is 103 cm³/mol. The molecule has 3 aromatic rings. The number of likely N-dealkylation sites (tertiary alicyclic amines) is 1. The van der Waals surface area contributed by atoms with Crippen molar-refractivity contribution >= 4 is 11.8 Å². The van der Waals surface area contributed by atoms with Crippen molar-refractivity contribution in [2.24, 2.45) is 0 Å². The van der Waals surface area contributed by atoms with Crippen LogP contribution < -0.4 is 10.1 Å². The predicted octanol–water partition coefficient (Wildman–Crippen LogP) is 3.36. The van der Waals surface area contributed by atoms with Crippen LogP contribution in [0.4, 0.5) is 11.8 Å². The first-order chi connectivity index (χ1) is 13.3. The van der Waals surface area contributed by atoms with Crippen molar-refractivity contribution in [3.8, 4) is 5.75 Å². The molecule has 1 N–H and O–H groups in total. The molecule has 7 heteroatoms. The van der Waals surface area contributed by atoms with E-state index in [1.165, 1.54) is 5.56 Å². The van der Waals surface area contributed by atoms with Crippen molar-refractivity contribution in [2.75, 3.05) is 19.0 Å². The smallest absolute Gasteiger partial charge is 0.228 e. The fraction of sp³-hybridized carbons (Fsp3) is 0.300. The van der Waals surface area contributed by atoms with Crippen LogP contribution in [0.15, 0.2) is 55.1 Å². The molecule has 1 aliphatic heterocycles. The van der Waals surface area contributed by atoms with Gasteiger partial charge in [-0.3, -0.25) is 9.88 Å². The molecule has 1 fully saturated rings. The average molecular weight is 362 g/mol. The lowest BCUT2D eigenvalue weighted by atomic mass is 10.1. The molecule has 0 saturated carbocycles. The molecular formula is C20H22N6O. The lowest BCUT2D eigenvalue weighted by Crippen LogP contribution is -2.23. The molecule has 0 aliphatic carbocycles. The number of aromatic nitrogens is 4. The van der Waals surface area contributed by atoms with Crippen LogP contribution in [0.25, 0.3) is 0 Å². The average Bonchev–Trinajstić information content (AvgIpc) is 3.18. The zero-order valence-corrected chi connectivity index (χ0v) is 15.2. The van der Waals surface area contributed by atoms with Crippen molar-refractivity contribution in [1.82, 2.24) is 24.8 Å². The van der Waals surface area contributed by atoms with Crippen molar-refractivity contribution in [2.45, 2.75) is 25.4 Å². The maximum Gasteiger partial charge on any atom is 0.228 e. The van der Waals surface area contributed by atoms with Gasteiger partial charge in [-0.25, -0.2) is 15.0 Å². The van der Waals surface area contributed by atoms with Gasteiger partial charge in [0.05, 0.1) is 25.0 Å². The second-order valence-electron chi connectivity index (χ2n) is 6.50. The number of hydrogen-bond acceptors (Lipinski definition) is 7. The molecule has 2 aromatic heterocycles. The Morgan fingerprint density at radius 3 is 2.78 bits per heavy atom. The third-order valence-electron chi connectivity index (χ3n) is 4.73. The van der Waals surface area contributed by atoms with Crippen LogP contribution in [-0.2, 0) is 6.54 Å². The monoisotopic (exact) mass is 362 g/mol. The van der Waals surface area contributed by atoms with Gasteiger partial charge in [-0.1, -0.05) is 12.1 Å². The Morgan fingerprint density at radius 1 is 1.11 bits per heavy atom. The van der Waals surface area contributed by atoms with E-state index in [0.29, 0.717) is 11.8 Å². The second kappa shape index (κ2) is 8.09. The number of nitrogens with one attached hydrogen (secondary N) is 1. The van der Waals surface area contributed by atoms with E-state index in [1.54, 1.807) is 31.9 Å². The highest BCUT2D eigenvalue weighted by molar-refractivity contribution is 5.45. The first-order valence-electron chi connectivity index (χ1n) is 9.05. The molecule has 1 aliphatic rings. The maximum atomic E-state index is 5.24. The van der Waals surface area contributed by atoms with Gasteiger partial charge in [-0.15, -0.1) is 0 Å². The van der Waals surface area contributed by atoms with Gasteiger partial charge in [-0.05, 0) is 43.1 Å². The molecular weight excluding hydrogens is 340 g/mol. The Hall–Kier alpha value is -3.06. The minimum Gasteiger partial charge on any atom is -0.497 e. The third kappa shape index (κ3) is 4.20. The zero-order chi connectivity index (χ0) is 18.5. The lowest BCUT2D eigenvalue weighted by Gasteiger charge is -2.24. The van der Waals surface area contributed by atoms with Gasteiger partial charge >= 0.3 is 0 Å². The van der Waals surface area contributed by atoms with Crippen LogP contribution >= 0.6 is 0 Å². The quantitative estimate of drug-likeness (QED) is 0.720. The number of hydrogen-bond donors (Lipinski definition) is 1. The summed E-state index contributed by atoms with van der Waals surface area (Å²) < 4.78 is 5.24. The number of rotatable bonds is 6. The fourth-order valence-corrected chi connectivity index (χ4v) is 3.41. The summed E-state index contributed by atoms with van der Waals surface area (Å²) >= 11 is 0. The van der Waals surface area contributed by atoms with Gasteiger partial charge < -0.3 is 10.1 Å². The molecule has 1 atom stereocenters. The van der Waals surface area contributed by atoms with E-state index in [-0.39, 0.29) is 6.04 Å². The van der Waals surface area contributed by atoms with Crippen molar-refractivity contribution < 1.29 is 4.74 Å². The standard InChI is InChI=1S/C20H22N6O/c1-27-16-6-4-15(5-7-16)14-26-12-2-3-18(26)17-8-9-23-20(24-17)25-19-13-21-10-11-22-19/h4-11,13,18H,2-3,12,14H2,1H3,(H,22,23,24,25)/t18-/m0/s1. The van der Waals surface area contributed by atoms with E-state index in [1.807, 2.05) is 18.2 Å². The fourth-order valence-electron chi connectivity index (χ4n) is 3.41. The van der Waals surface area contributed by atoms with Crippen LogP contribution in [0.2, 0.25) is 0 Å². The minimum absolute atomic E-state index is 0.289. The van der Waals surface area contributed by atoms with Crippen LogP contribution in [0.1, 0.15) is 30.1 Å².